The van der Waals surface area contributed by atoms with Crippen LogP contribution in [-0.4, -0.2) is 22.1 Å². The third kappa shape index (κ3) is 2.16. The number of hydrogen-bond donors (Lipinski definition) is 0. The van der Waals surface area contributed by atoms with Gasteiger partial charge in [0.15, 0.2) is 5.65 Å². The summed E-state index contributed by atoms with van der Waals surface area (Å²) in [6.07, 6.45) is 6.67. The highest BCUT2D eigenvalue weighted by atomic mass is 16.5. The fourth-order valence-corrected chi connectivity index (χ4v) is 2.50. The van der Waals surface area contributed by atoms with Crippen molar-refractivity contribution >= 4 is 17.1 Å². The van der Waals surface area contributed by atoms with Crippen molar-refractivity contribution in [2.75, 3.05) is 7.11 Å². The van der Waals surface area contributed by atoms with Crippen LogP contribution in [0.5, 0.6) is 17.5 Å². The molecule has 1 aromatic carbocycles. The molecule has 2 heterocycles. The molecule has 0 spiro atoms. The van der Waals surface area contributed by atoms with Gasteiger partial charge < -0.3 is 9.47 Å². The summed E-state index contributed by atoms with van der Waals surface area (Å²) in [5.74, 6) is 1.75. The van der Waals surface area contributed by atoms with Crippen LogP contribution < -0.4 is 9.47 Å². The summed E-state index contributed by atoms with van der Waals surface area (Å²) >= 11 is 0. The van der Waals surface area contributed by atoms with Crippen molar-refractivity contribution in [1.29, 1.82) is 0 Å². The summed E-state index contributed by atoms with van der Waals surface area (Å²) in [5, 5.41) is 0.749. The Hall–Kier alpha value is -2.95. The van der Waals surface area contributed by atoms with E-state index in [9.17, 15) is 0 Å². The molecule has 4 rings (SSSR count). The van der Waals surface area contributed by atoms with Crippen LogP contribution in [0.3, 0.4) is 0 Å². The molecule has 108 valence electrons. The number of aromatic nitrogens is 3. The number of ether oxygens (including phenoxy) is 2. The van der Waals surface area contributed by atoms with Gasteiger partial charge in [-0.2, -0.15) is 4.98 Å². The predicted octanol–water partition coefficient (Wildman–Crippen LogP) is 3.40. The first kappa shape index (κ1) is 12.8. The van der Waals surface area contributed by atoms with Crippen LogP contribution in [0.1, 0.15) is 11.1 Å². The van der Waals surface area contributed by atoms with Gasteiger partial charge in [-0.15, -0.1) is 0 Å². The highest BCUT2D eigenvalue weighted by Crippen LogP contribution is 2.30. The van der Waals surface area contributed by atoms with Crippen molar-refractivity contribution < 1.29 is 9.47 Å². The molecular weight excluding hydrogens is 278 g/mol. The molecule has 0 fully saturated rings. The van der Waals surface area contributed by atoms with Gasteiger partial charge in [0.05, 0.1) is 12.5 Å². The van der Waals surface area contributed by atoms with Gasteiger partial charge in [-0.1, -0.05) is 18.2 Å². The molecule has 2 aromatic heterocycles. The Balaban J connectivity index is 1.73. The lowest BCUT2D eigenvalue weighted by Crippen LogP contribution is -1.95. The van der Waals surface area contributed by atoms with E-state index in [2.05, 4.69) is 33.2 Å². The fourth-order valence-electron chi connectivity index (χ4n) is 2.50. The lowest BCUT2D eigenvalue weighted by atomic mass is 10.1. The van der Waals surface area contributed by atoms with Gasteiger partial charge >= 0.3 is 0 Å². The molecular formula is C17H13N3O2. The van der Waals surface area contributed by atoms with E-state index in [-0.39, 0.29) is 0 Å². The average Bonchev–Trinajstić information content (AvgIpc) is 3.02. The minimum Gasteiger partial charge on any atom is -0.481 e. The predicted molar refractivity (Wildman–Crippen MR) is 83.1 cm³/mol. The molecule has 0 N–H and O–H groups in total. The normalized spacial score (nSPS) is 12.4. The first-order chi connectivity index (χ1) is 10.8. The number of hydrogen-bond acceptors (Lipinski definition) is 5. The molecule has 0 unspecified atom stereocenters. The van der Waals surface area contributed by atoms with Crippen LogP contribution >= 0.6 is 0 Å². The Morgan fingerprint density at radius 2 is 2.05 bits per heavy atom. The van der Waals surface area contributed by atoms with Gasteiger partial charge in [0, 0.05) is 6.07 Å². The monoisotopic (exact) mass is 291 g/mol. The number of fused-ring (bicyclic) bond motifs is 2. The maximum absolute atomic E-state index is 5.92. The standard InChI is InChI=1S/C17H13N3O2/c1-21-15-8-7-14-16(20-15)18-10-19-17(14)22-13-6-5-11-3-2-4-12(11)9-13/h2,4-10H,3H2,1H3. The molecule has 0 bridgehead atoms. The smallest absolute Gasteiger partial charge is 0.231 e. The Labute approximate surface area is 127 Å². The van der Waals surface area contributed by atoms with E-state index in [0.29, 0.717) is 17.4 Å². The van der Waals surface area contributed by atoms with Gasteiger partial charge in [-0.05, 0) is 35.7 Å². The molecule has 0 saturated heterocycles. The molecule has 0 atom stereocenters. The number of allylic oxidation sites excluding steroid dienone is 1. The first-order valence-electron chi connectivity index (χ1n) is 6.96. The van der Waals surface area contributed by atoms with Crippen LogP contribution in [0.15, 0.2) is 42.7 Å². The van der Waals surface area contributed by atoms with Gasteiger partial charge in [0.25, 0.3) is 0 Å². The molecule has 1 aliphatic rings. The molecule has 1 aliphatic carbocycles. The third-order valence-corrected chi connectivity index (χ3v) is 3.61. The second kappa shape index (κ2) is 5.11. The summed E-state index contributed by atoms with van der Waals surface area (Å²) in [6.45, 7) is 0. The van der Waals surface area contributed by atoms with E-state index in [4.69, 9.17) is 9.47 Å². The molecule has 0 amide bonds. The molecule has 0 radical (unpaired) electrons. The minimum absolute atomic E-state index is 0.488. The Morgan fingerprint density at radius 1 is 1.09 bits per heavy atom. The summed E-state index contributed by atoms with van der Waals surface area (Å²) in [6, 6.07) is 9.67. The second-order valence-electron chi connectivity index (χ2n) is 4.97. The quantitative estimate of drug-likeness (QED) is 0.740. The number of benzene rings is 1. The van der Waals surface area contributed by atoms with Gasteiger partial charge in [0.1, 0.15) is 12.1 Å². The van der Waals surface area contributed by atoms with Crippen molar-refractivity contribution in [2.45, 2.75) is 6.42 Å². The van der Waals surface area contributed by atoms with Crippen molar-refractivity contribution in [3.63, 3.8) is 0 Å². The van der Waals surface area contributed by atoms with E-state index in [1.165, 1.54) is 17.5 Å². The zero-order chi connectivity index (χ0) is 14.9. The van der Waals surface area contributed by atoms with Crippen molar-refractivity contribution in [2.24, 2.45) is 0 Å². The van der Waals surface area contributed by atoms with Gasteiger partial charge in [0.2, 0.25) is 11.8 Å². The van der Waals surface area contributed by atoms with Crippen LogP contribution in [0, 0.1) is 0 Å². The fraction of sp³-hybridized carbons (Fsp3) is 0.118. The van der Waals surface area contributed by atoms with Gasteiger partial charge in [-0.3, -0.25) is 0 Å². The number of methoxy groups -OCH3 is 1. The van der Waals surface area contributed by atoms with Crippen molar-refractivity contribution in [3.05, 3.63) is 53.9 Å². The molecule has 5 nitrogen and oxygen atoms in total. The molecule has 0 aliphatic heterocycles. The molecule has 22 heavy (non-hydrogen) atoms. The zero-order valence-electron chi connectivity index (χ0n) is 12.0. The van der Waals surface area contributed by atoms with E-state index < -0.39 is 0 Å². The summed E-state index contributed by atoms with van der Waals surface area (Å²) in [7, 11) is 1.57. The van der Waals surface area contributed by atoms with Crippen molar-refractivity contribution in [3.8, 4) is 17.5 Å². The minimum atomic E-state index is 0.488. The Bertz CT molecular complexity index is 890. The van der Waals surface area contributed by atoms with Crippen LogP contribution in [-0.2, 0) is 6.42 Å². The number of pyridine rings is 1. The molecule has 0 saturated carbocycles. The average molecular weight is 291 g/mol. The third-order valence-electron chi connectivity index (χ3n) is 3.61. The lowest BCUT2D eigenvalue weighted by molar-refractivity contribution is 0.399. The number of nitrogens with zero attached hydrogens (tertiary/aromatic N) is 3. The largest absolute Gasteiger partial charge is 0.481 e. The molecule has 3 aromatic rings. The maximum Gasteiger partial charge on any atom is 0.231 e. The summed E-state index contributed by atoms with van der Waals surface area (Å²) in [5.41, 5.74) is 3.05. The second-order valence-corrected chi connectivity index (χ2v) is 4.97. The van der Waals surface area contributed by atoms with E-state index in [1.54, 1.807) is 13.2 Å². The summed E-state index contributed by atoms with van der Waals surface area (Å²) in [4.78, 5) is 12.7. The Kier molecular flexibility index (Phi) is 2.96. The van der Waals surface area contributed by atoms with E-state index >= 15 is 0 Å². The van der Waals surface area contributed by atoms with E-state index in [0.717, 1.165) is 17.6 Å². The number of rotatable bonds is 3. The van der Waals surface area contributed by atoms with Crippen LogP contribution in [0.25, 0.3) is 17.1 Å². The highest BCUT2D eigenvalue weighted by Gasteiger charge is 2.11. The van der Waals surface area contributed by atoms with Crippen LogP contribution in [0.2, 0.25) is 0 Å². The first-order valence-corrected chi connectivity index (χ1v) is 6.96. The lowest BCUT2D eigenvalue weighted by Gasteiger charge is -2.09. The SMILES string of the molecule is COc1ccc2c(Oc3ccc4c(c3)C=CC4)ncnc2n1. The highest BCUT2D eigenvalue weighted by molar-refractivity contribution is 5.80. The topological polar surface area (TPSA) is 57.1 Å². The van der Waals surface area contributed by atoms with Crippen LogP contribution in [0.4, 0.5) is 0 Å². The molecule has 5 heteroatoms. The summed E-state index contributed by atoms with van der Waals surface area (Å²) < 4.78 is 11.0. The Morgan fingerprint density at radius 3 is 2.95 bits per heavy atom. The maximum atomic E-state index is 5.92. The van der Waals surface area contributed by atoms with E-state index in [1.807, 2.05) is 18.2 Å². The zero-order valence-corrected chi connectivity index (χ0v) is 12.0. The van der Waals surface area contributed by atoms with Gasteiger partial charge in [-0.25, -0.2) is 9.97 Å². The van der Waals surface area contributed by atoms with Crippen molar-refractivity contribution in [1.82, 2.24) is 15.0 Å².